The molecule has 0 saturated heterocycles. The molecule has 0 radical (unpaired) electrons. The predicted molar refractivity (Wildman–Crippen MR) is 62.8 cm³/mol. The maximum atomic E-state index is 11.0. The van der Waals surface area contributed by atoms with Crippen molar-refractivity contribution in [1.29, 1.82) is 0 Å². The number of benzene rings is 1. The number of aliphatic hydroxyl groups excluding tert-OH is 1. The molecule has 0 heterocycles. The zero-order valence-electron chi connectivity index (χ0n) is 9.69. The van der Waals surface area contributed by atoms with E-state index < -0.39 is 17.6 Å². The van der Waals surface area contributed by atoms with E-state index in [2.05, 4.69) is 5.32 Å². The van der Waals surface area contributed by atoms with Gasteiger partial charge in [-0.2, -0.15) is 0 Å². The number of nitrogens with one attached hydrogen (secondary N) is 1. The molecule has 1 aromatic carbocycles. The lowest BCUT2D eigenvalue weighted by Gasteiger charge is -2.31. The molecular formula is C12H17NO3. The summed E-state index contributed by atoms with van der Waals surface area (Å²) < 4.78 is 0. The van der Waals surface area contributed by atoms with E-state index in [0.717, 1.165) is 0 Å². The van der Waals surface area contributed by atoms with Crippen LogP contribution in [0.2, 0.25) is 0 Å². The first-order valence-electron chi connectivity index (χ1n) is 5.13. The minimum Gasteiger partial charge on any atom is -0.478 e. The number of anilines is 1. The Kier molecular flexibility index (Phi) is 3.55. The number of rotatable bonds is 4. The highest BCUT2D eigenvalue weighted by Crippen LogP contribution is 2.22. The molecular weight excluding hydrogens is 206 g/mol. The highest BCUT2D eigenvalue weighted by molar-refractivity contribution is 5.94. The van der Waals surface area contributed by atoms with Gasteiger partial charge in [-0.1, -0.05) is 12.1 Å². The third kappa shape index (κ3) is 2.73. The molecule has 0 fully saturated rings. The average Bonchev–Trinajstić information content (AvgIpc) is 2.17. The minimum atomic E-state index is -0.982. The molecule has 0 spiro atoms. The smallest absolute Gasteiger partial charge is 0.337 e. The van der Waals surface area contributed by atoms with E-state index in [1.54, 1.807) is 25.1 Å². The number of aliphatic hydroxyl groups is 1. The number of aromatic carboxylic acids is 1. The molecule has 4 nitrogen and oxygen atoms in total. The van der Waals surface area contributed by atoms with Crippen molar-refractivity contribution in [2.75, 3.05) is 5.32 Å². The predicted octanol–water partition coefficient (Wildman–Crippen LogP) is 1.96. The number of para-hydroxylation sites is 1. The molecule has 16 heavy (non-hydrogen) atoms. The highest BCUT2D eigenvalue weighted by atomic mass is 16.4. The fourth-order valence-corrected chi connectivity index (χ4v) is 1.23. The van der Waals surface area contributed by atoms with Crippen molar-refractivity contribution >= 4 is 11.7 Å². The number of hydrogen-bond donors (Lipinski definition) is 3. The van der Waals surface area contributed by atoms with Gasteiger partial charge >= 0.3 is 5.97 Å². The van der Waals surface area contributed by atoms with Crippen LogP contribution in [0.15, 0.2) is 24.3 Å². The molecule has 1 aromatic rings. The second-order valence-electron chi connectivity index (χ2n) is 4.37. The van der Waals surface area contributed by atoms with Gasteiger partial charge in [0.1, 0.15) is 0 Å². The summed E-state index contributed by atoms with van der Waals surface area (Å²) in [6.45, 7) is 5.29. The van der Waals surface area contributed by atoms with E-state index in [-0.39, 0.29) is 5.56 Å². The highest BCUT2D eigenvalue weighted by Gasteiger charge is 2.25. The molecule has 0 aromatic heterocycles. The lowest BCUT2D eigenvalue weighted by Crippen LogP contribution is -2.42. The lowest BCUT2D eigenvalue weighted by atomic mass is 9.97. The Morgan fingerprint density at radius 3 is 2.44 bits per heavy atom. The first-order valence-corrected chi connectivity index (χ1v) is 5.13. The quantitative estimate of drug-likeness (QED) is 0.729. The van der Waals surface area contributed by atoms with Gasteiger partial charge in [0, 0.05) is 5.69 Å². The number of carboxylic acid groups (broad SMARTS) is 1. The molecule has 0 aliphatic rings. The zero-order chi connectivity index (χ0) is 12.3. The third-order valence-corrected chi connectivity index (χ3v) is 2.66. The minimum absolute atomic E-state index is 0.205. The molecule has 1 rings (SSSR count). The number of hydrogen-bond acceptors (Lipinski definition) is 3. The van der Waals surface area contributed by atoms with Gasteiger partial charge in [-0.25, -0.2) is 4.79 Å². The second kappa shape index (κ2) is 4.53. The topological polar surface area (TPSA) is 69.6 Å². The standard InChI is InChI=1S/C12H17NO3/c1-8(14)12(2,3)13-10-7-5-4-6-9(10)11(15)16/h4-8,13-14H,1-3H3,(H,15,16). The molecule has 0 amide bonds. The van der Waals surface area contributed by atoms with Crippen LogP contribution in [0.25, 0.3) is 0 Å². The molecule has 1 unspecified atom stereocenters. The Labute approximate surface area is 94.9 Å². The summed E-state index contributed by atoms with van der Waals surface area (Å²) in [6.07, 6.45) is -0.589. The van der Waals surface area contributed by atoms with Crippen LogP contribution < -0.4 is 5.32 Å². The van der Waals surface area contributed by atoms with Crippen LogP contribution in [0.4, 0.5) is 5.69 Å². The summed E-state index contributed by atoms with van der Waals surface area (Å²) in [5.74, 6) is -0.982. The van der Waals surface area contributed by atoms with Crippen molar-refractivity contribution < 1.29 is 15.0 Å². The summed E-state index contributed by atoms with van der Waals surface area (Å²) in [5, 5.41) is 21.6. The normalized spacial score (nSPS) is 13.2. The maximum Gasteiger partial charge on any atom is 0.337 e. The lowest BCUT2D eigenvalue weighted by molar-refractivity contribution is 0.0697. The molecule has 3 N–H and O–H groups in total. The first-order chi connectivity index (χ1) is 7.34. The van der Waals surface area contributed by atoms with Crippen LogP contribution >= 0.6 is 0 Å². The van der Waals surface area contributed by atoms with Crippen LogP contribution in [0, 0.1) is 0 Å². The van der Waals surface area contributed by atoms with Crippen molar-refractivity contribution in [3.8, 4) is 0 Å². The van der Waals surface area contributed by atoms with Crippen molar-refractivity contribution in [3.63, 3.8) is 0 Å². The molecule has 0 saturated carbocycles. The van der Waals surface area contributed by atoms with Crippen molar-refractivity contribution in [2.24, 2.45) is 0 Å². The number of carbonyl (C=O) groups is 1. The van der Waals surface area contributed by atoms with Crippen molar-refractivity contribution in [2.45, 2.75) is 32.4 Å². The Morgan fingerprint density at radius 2 is 1.94 bits per heavy atom. The molecule has 88 valence electrons. The molecule has 0 aliphatic carbocycles. The van der Waals surface area contributed by atoms with Gasteiger partial charge in [-0.3, -0.25) is 0 Å². The number of carboxylic acids is 1. The Morgan fingerprint density at radius 1 is 1.38 bits per heavy atom. The summed E-state index contributed by atoms with van der Waals surface area (Å²) in [6, 6.07) is 6.65. The van der Waals surface area contributed by atoms with Crippen LogP contribution in [0.1, 0.15) is 31.1 Å². The van der Waals surface area contributed by atoms with Gasteiger partial charge in [0.25, 0.3) is 0 Å². The molecule has 1 atom stereocenters. The SMILES string of the molecule is CC(O)C(C)(C)Nc1ccccc1C(=O)O. The van der Waals surface area contributed by atoms with Gasteiger partial charge in [0.15, 0.2) is 0 Å². The Bertz CT molecular complexity index is 386. The maximum absolute atomic E-state index is 11.0. The summed E-state index contributed by atoms with van der Waals surface area (Å²) in [5.41, 5.74) is 0.142. The van der Waals surface area contributed by atoms with Gasteiger partial charge < -0.3 is 15.5 Å². The largest absolute Gasteiger partial charge is 0.478 e. The van der Waals surface area contributed by atoms with E-state index in [1.807, 2.05) is 13.8 Å². The van der Waals surface area contributed by atoms with Crippen LogP contribution in [-0.2, 0) is 0 Å². The van der Waals surface area contributed by atoms with Crippen LogP contribution in [-0.4, -0.2) is 27.8 Å². The molecule has 0 aliphatic heterocycles. The third-order valence-electron chi connectivity index (χ3n) is 2.66. The van der Waals surface area contributed by atoms with E-state index in [9.17, 15) is 9.90 Å². The Balaban J connectivity index is 3.02. The zero-order valence-corrected chi connectivity index (χ0v) is 9.69. The van der Waals surface area contributed by atoms with Crippen molar-refractivity contribution in [1.82, 2.24) is 0 Å². The Hall–Kier alpha value is -1.55. The monoisotopic (exact) mass is 223 g/mol. The fraction of sp³-hybridized carbons (Fsp3) is 0.417. The van der Waals surface area contributed by atoms with E-state index in [0.29, 0.717) is 5.69 Å². The van der Waals surface area contributed by atoms with Gasteiger partial charge in [-0.15, -0.1) is 0 Å². The summed E-state index contributed by atoms with van der Waals surface area (Å²) >= 11 is 0. The summed E-state index contributed by atoms with van der Waals surface area (Å²) in [7, 11) is 0. The van der Waals surface area contributed by atoms with Crippen LogP contribution in [0.5, 0.6) is 0 Å². The average molecular weight is 223 g/mol. The van der Waals surface area contributed by atoms with Crippen LogP contribution in [0.3, 0.4) is 0 Å². The van der Waals surface area contributed by atoms with E-state index >= 15 is 0 Å². The van der Waals surface area contributed by atoms with E-state index in [4.69, 9.17) is 5.11 Å². The second-order valence-corrected chi connectivity index (χ2v) is 4.37. The van der Waals surface area contributed by atoms with Gasteiger partial charge in [-0.05, 0) is 32.9 Å². The van der Waals surface area contributed by atoms with E-state index in [1.165, 1.54) is 6.07 Å². The van der Waals surface area contributed by atoms with Crippen molar-refractivity contribution in [3.05, 3.63) is 29.8 Å². The van der Waals surface area contributed by atoms with Gasteiger partial charge in [0.05, 0.1) is 17.2 Å². The van der Waals surface area contributed by atoms with Gasteiger partial charge in [0.2, 0.25) is 0 Å². The first kappa shape index (κ1) is 12.5. The summed E-state index contributed by atoms with van der Waals surface area (Å²) in [4.78, 5) is 11.0. The molecule has 4 heteroatoms. The molecule has 0 bridgehead atoms. The fourth-order valence-electron chi connectivity index (χ4n) is 1.23.